The summed E-state index contributed by atoms with van der Waals surface area (Å²) < 4.78 is 15.4. The molecule has 1 N–H and O–H groups in total. The van der Waals surface area contributed by atoms with Gasteiger partial charge in [-0.15, -0.1) is 21.5 Å². The maximum absolute atomic E-state index is 13.3. The van der Waals surface area contributed by atoms with Gasteiger partial charge in [-0.25, -0.2) is 4.39 Å². The Labute approximate surface area is 158 Å². The highest BCUT2D eigenvalue weighted by atomic mass is 32.2. The molecule has 0 saturated heterocycles. The van der Waals surface area contributed by atoms with Crippen LogP contribution in [0.5, 0.6) is 0 Å². The first-order valence-corrected chi connectivity index (χ1v) is 10.1. The number of carbonyl (C=O) groups is 1. The number of rotatable bonds is 6. The van der Waals surface area contributed by atoms with Crippen molar-refractivity contribution in [2.24, 2.45) is 0 Å². The minimum absolute atomic E-state index is 0.191. The molecular weight excluding hydrogens is 371 g/mol. The van der Waals surface area contributed by atoms with Crippen molar-refractivity contribution in [2.45, 2.75) is 36.2 Å². The standard InChI is InChI=1S/C18H17FN4OS2/c1-11(17(24)20-13-5-2-4-12(19)10-13)26-18-22-21-16(15-6-3-9-25-15)23(18)14-7-8-14/h2-6,9-11,14H,7-8H2,1H3,(H,20,24). The summed E-state index contributed by atoms with van der Waals surface area (Å²) in [5.41, 5.74) is 0.449. The van der Waals surface area contributed by atoms with Gasteiger partial charge in [0.2, 0.25) is 5.91 Å². The molecule has 1 atom stereocenters. The predicted octanol–water partition coefficient (Wildman–Crippen LogP) is 4.60. The zero-order chi connectivity index (χ0) is 18.1. The van der Waals surface area contributed by atoms with Gasteiger partial charge in [-0.2, -0.15) is 0 Å². The number of aromatic nitrogens is 3. The molecule has 3 aromatic rings. The van der Waals surface area contributed by atoms with Crippen LogP contribution in [0.2, 0.25) is 0 Å². The fourth-order valence-corrected chi connectivity index (χ4v) is 4.24. The van der Waals surface area contributed by atoms with Crippen molar-refractivity contribution in [3.05, 3.63) is 47.6 Å². The topological polar surface area (TPSA) is 59.8 Å². The van der Waals surface area contributed by atoms with Gasteiger partial charge in [-0.1, -0.05) is 23.9 Å². The molecule has 4 rings (SSSR count). The summed E-state index contributed by atoms with van der Waals surface area (Å²) >= 11 is 3.01. The fraction of sp³-hybridized carbons (Fsp3) is 0.278. The van der Waals surface area contributed by atoms with E-state index in [1.165, 1.54) is 23.9 Å². The summed E-state index contributed by atoms with van der Waals surface area (Å²) in [6.07, 6.45) is 2.21. The second-order valence-electron chi connectivity index (χ2n) is 6.14. The molecule has 1 saturated carbocycles. The number of benzene rings is 1. The number of halogens is 1. The summed E-state index contributed by atoms with van der Waals surface area (Å²) in [5, 5.41) is 13.8. The number of thioether (sulfide) groups is 1. The van der Waals surface area contributed by atoms with Gasteiger partial charge < -0.3 is 5.32 Å². The van der Waals surface area contributed by atoms with Crippen molar-refractivity contribution in [1.82, 2.24) is 14.8 Å². The molecule has 1 unspecified atom stereocenters. The molecular formula is C18H17FN4OS2. The molecule has 2 heterocycles. The SMILES string of the molecule is CC(Sc1nnc(-c2cccs2)n1C1CC1)C(=O)Nc1cccc(F)c1. The van der Waals surface area contributed by atoms with Gasteiger partial charge in [0.05, 0.1) is 10.1 Å². The van der Waals surface area contributed by atoms with Crippen molar-refractivity contribution in [3.63, 3.8) is 0 Å². The van der Waals surface area contributed by atoms with Gasteiger partial charge in [-0.05, 0) is 49.4 Å². The summed E-state index contributed by atoms with van der Waals surface area (Å²) in [6, 6.07) is 10.3. The van der Waals surface area contributed by atoms with Crippen molar-refractivity contribution >= 4 is 34.7 Å². The first-order valence-electron chi connectivity index (χ1n) is 8.33. The summed E-state index contributed by atoms with van der Waals surface area (Å²) in [6.45, 7) is 1.82. The Morgan fingerprint density at radius 2 is 2.19 bits per heavy atom. The third-order valence-corrected chi connectivity index (χ3v) is 5.98. The number of anilines is 1. The molecule has 0 aliphatic heterocycles. The van der Waals surface area contributed by atoms with E-state index < -0.39 is 0 Å². The molecule has 26 heavy (non-hydrogen) atoms. The Kier molecular flexibility index (Phi) is 4.78. The largest absolute Gasteiger partial charge is 0.325 e. The molecule has 134 valence electrons. The van der Waals surface area contributed by atoms with Gasteiger partial charge in [0.1, 0.15) is 5.82 Å². The van der Waals surface area contributed by atoms with E-state index in [0.717, 1.165) is 28.7 Å². The van der Waals surface area contributed by atoms with E-state index in [9.17, 15) is 9.18 Å². The second kappa shape index (κ2) is 7.20. The van der Waals surface area contributed by atoms with Gasteiger partial charge >= 0.3 is 0 Å². The maximum atomic E-state index is 13.3. The molecule has 1 aromatic carbocycles. The normalized spacial score (nSPS) is 15.0. The first kappa shape index (κ1) is 17.2. The third kappa shape index (κ3) is 3.66. The molecule has 1 aliphatic rings. The lowest BCUT2D eigenvalue weighted by Crippen LogP contribution is -2.23. The first-order chi connectivity index (χ1) is 12.6. The lowest BCUT2D eigenvalue weighted by atomic mass is 10.3. The Morgan fingerprint density at radius 3 is 2.88 bits per heavy atom. The van der Waals surface area contributed by atoms with Crippen LogP contribution in [0, 0.1) is 5.82 Å². The average Bonchev–Trinajstić information content (AvgIpc) is 3.14. The molecule has 8 heteroatoms. The minimum Gasteiger partial charge on any atom is -0.325 e. The third-order valence-electron chi connectivity index (χ3n) is 4.06. The lowest BCUT2D eigenvalue weighted by molar-refractivity contribution is -0.115. The summed E-state index contributed by atoms with van der Waals surface area (Å²) in [4.78, 5) is 13.5. The number of nitrogens with zero attached hydrogens (tertiary/aromatic N) is 3. The molecule has 1 amide bonds. The monoisotopic (exact) mass is 388 g/mol. The van der Waals surface area contributed by atoms with E-state index in [2.05, 4.69) is 20.1 Å². The van der Waals surface area contributed by atoms with Crippen LogP contribution >= 0.6 is 23.1 Å². The number of amides is 1. The van der Waals surface area contributed by atoms with Gasteiger partial charge in [0.15, 0.2) is 11.0 Å². The van der Waals surface area contributed by atoms with Gasteiger partial charge in [0.25, 0.3) is 0 Å². The van der Waals surface area contributed by atoms with Crippen LogP contribution in [-0.2, 0) is 4.79 Å². The van der Waals surface area contributed by atoms with Gasteiger partial charge in [0, 0.05) is 11.7 Å². The molecule has 0 bridgehead atoms. The number of thiophene rings is 1. The highest BCUT2D eigenvalue weighted by molar-refractivity contribution is 8.00. The number of nitrogens with one attached hydrogen (secondary N) is 1. The van der Waals surface area contributed by atoms with Crippen LogP contribution in [0.15, 0.2) is 46.9 Å². The molecule has 5 nitrogen and oxygen atoms in total. The van der Waals surface area contributed by atoms with E-state index in [4.69, 9.17) is 0 Å². The quantitative estimate of drug-likeness (QED) is 0.627. The van der Waals surface area contributed by atoms with E-state index in [1.54, 1.807) is 23.5 Å². The number of hydrogen-bond donors (Lipinski definition) is 1. The second-order valence-corrected chi connectivity index (χ2v) is 8.40. The molecule has 1 fully saturated rings. The van der Waals surface area contributed by atoms with E-state index in [1.807, 2.05) is 24.4 Å². The van der Waals surface area contributed by atoms with Crippen LogP contribution in [0.1, 0.15) is 25.8 Å². The van der Waals surface area contributed by atoms with Crippen LogP contribution in [0.3, 0.4) is 0 Å². The molecule has 1 aliphatic carbocycles. The van der Waals surface area contributed by atoms with E-state index >= 15 is 0 Å². The smallest absolute Gasteiger partial charge is 0.237 e. The highest BCUT2D eigenvalue weighted by Crippen LogP contribution is 2.42. The Bertz CT molecular complexity index is 921. The van der Waals surface area contributed by atoms with E-state index in [0.29, 0.717) is 11.7 Å². The molecule has 0 radical (unpaired) electrons. The maximum Gasteiger partial charge on any atom is 0.237 e. The Balaban J connectivity index is 1.51. The molecule has 0 spiro atoms. The highest BCUT2D eigenvalue weighted by Gasteiger charge is 2.31. The minimum atomic E-state index is -0.379. The zero-order valence-electron chi connectivity index (χ0n) is 14.1. The predicted molar refractivity (Wildman–Crippen MR) is 102 cm³/mol. The van der Waals surface area contributed by atoms with Crippen molar-refractivity contribution in [3.8, 4) is 10.7 Å². The summed E-state index contributed by atoms with van der Waals surface area (Å²) in [5.74, 6) is 0.295. The van der Waals surface area contributed by atoms with E-state index in [-0.39, 0.29) is 17.0 Å². The average molecular weight is 388 g/mol. The van der Waals surface area contributed by atoms with Crippen LogP contribution < -0.4 is 5.32 Å². The fourth-order valence-electron chi connectivity index (χ4n) is 2.61. The van der Waals surface area contributed by atoms with Crippen LogP contribution in [0.4, 0.5) is 10.1 Å². The Morgan fingerprint density at radius 1 is 1.35 bits per heavy atom. The Hall–Kier alpha value is -2.19. The molecule has 2 aromatic heterocycles. The van der Waals surface area contributed by atoms with Crippen molar-refractivity contribution < 1.29 is 9.18 Å². The summed E-state index contributed by atoms with van der Waals surface area (Å²) in [7, 11) is 0. The van der Waals surface area contributed by atoms with Gasteiger partial charge in [-0.3, -0.25) is 9.36 Å². The van der Waals surface area contributed by atoms with Crippen LogP contribution in [0.25, 0.3) is 10.7 Å². The zero-order valence-corrected chi connectivity index (χ0v) is 15.7. The number of hydrogen-bond acceptors (Lipinski definition) is 5. The lowest BCUT2D eigenvalue weighted by Gasteiger charge is -2.13. The number of carbonyl (C=O) groups excluding carboxylic acids is 1. The van der Waals surface area contributed by atoms with Crippen molar-refractivity contribution in [2.75, 3.05) is 5.32 Å². The van der Waals surface area contributed by atoms with Crippen LogP contribution in [-0.4, -0.2) is 25.9 Å². The van der Waals surface area contributed by atoms with Crippen molar-refractivity contribution in [1.29, 1.82) is 0 Å².